The van der Waals surface area contributed by atoms with E-state index >= 15 is 0 Å². The van der Waals surface area contributed by atoms with E-state index < -0.39 is 12.2 Å². The molecule has 1 aliphatic rings. The molecule has 1 rings (SSSR count). The fraction of sp³-hybridized carbons (Fsp3) is 0.933. The van der Waals surface area contributed by atoms with Crippen LogP contribution in [-0.2, 0) is 9.53 Å². The summed E-state index contributed by atoms with van der Waals surface area (Å²) in [7, 11) is 0. The zero-order chi connectivity index (χ0) is 13.9. The van der Waals surface area contributed by atoms with Crippen molar-refractivity contribution >= 4 is 5.97 Å². The van der Waals surface area contributed by atoms with Crippen molar-refractivity contribution in [3.8, 4) is 0 Å². The van der Waals surface area contributed by atoms with Crippen LogP contribution in [0.3, 0.4) is 0 Å². The molecule has 0 radical (unpaired) electrons. The van der Waals surface area contributed by atoms with Gasteiger partial charge in [0.15, 0.2) is 0 Å². The lowest BCUT2D eigenvalue weighted by atomic mass is 10.0. The van der Waals surface area contributed by atoms with E-state index in [1.165, 1.54) is 25.7 Å². The SMILES string of the molecule is O=C1CCCCCCCCCC[C@@H](O)[C@@H](O)CCO1. The summed E-state index contributed by atoms with van der Waals surface area (Å²) >= 11 is 0. The van der Waals surface area contributed by atoms with Gasteiger partial charge in [-0.05, 0) is 12.8 Å². The molecule has 0 spiro atoms. The molecule has 19 heavy (non-hydrogen) atoms. The number of aliphatic hydroxyl groups is 2. The third-order valence-electron chi connectivity index (χ3n) is 3.75. The van der Waals surface area contributed by atoms with Crippen LogP contribution in [-0.4, -0.2) is 35.0 Å². The molecule has 0 aromatic rings. The maximum atomic E-state index is 11.4. The average molecular weight is 272 g/mol. The van der Waals surface area contributed by atoms with Gasteiger partial charge in [0.05, 0.1) is 18.8 Å². The molecular formula is C15H28O4. The van der Waals surface area contributed by atoms with Gasteiger partial charge in [0.1, 0.15) is 0 Å². The highest BCUT2D eigenvalue weighted by Crippen LogP contribution is 2.14. The predicted octanol–water partition coefficient (Wildman–Crippen LogP) is 2.56. The van der Waals surface area contributed by atoms with Crippen LogP contribution >= 0.6 is 0 Å². The maximum Gasteiger partial charge on any atom is 0.305 e. The normalized spacial score (nSPS) is 29.7. The number of carbonyl (C=O) groups excluding carboxylic acids is 1. The highest BCUT2D eigenvalue weighted by atomic mass is 16.5. The Hall–Kier alpha value is -0.610. The van der Waals surface area contributed by atoms with E-state index in [0.29, 0.717) is 19.3 Å². The number of hydrogen-bond donors (Lipinski definition) is 2. The van der Waals surface area contributed by atoms with Crippen molar-refractivity contribution in [2.75, 3.05) is 6.61 Å². The summed E-state index contributed by atoms with van der Waals surface area (Å²) in [6, 6.07) is 0. The first kappa shape index (κ1) is 16.4. The molecule has 4 heteroatoms. The Bertz CT molecular complexity index is 242. The van der Waals surface area contributed by atoms with E-state index in [2.05, 4.69) is 0 Å². The first-order chi connectivity index (χ1) is 9.20. The van der Waals surface area contributed by atoms with E-state index in [1.807, 2.05) is 0 Å². The molecule has 0 saturated carbocycles. The molecule has 0 bridgehead atoms. The smallest absolute Gasteiger partial charge is 0.305 e. The van der Waals surface area contributed by atoms with Gasteiger partial charge >= 0.3 is 5.97 Å². The summed E-state index contributed by atoms with van der Waals surface area (Å²) < 4.78 is 5.05. The topological polar surface area (TPSA) is 66.8 Å². The van der Waals surface area contributed by atoms with Gasteiger partial charge in [-0.15, -0.1) is 0 Å². The minimum atomic E-state index is -0.777. The Morgan fingerprint density at radius 3 is 2.00 bits per heavy atom. The number of rotatable bonds is 0. The summed E-state index contributed by atoms with van der Waals surface area (Å²) in [5.41, 5.74) is 0. The Labute approximate surface area is 116 Å². The number of esters is 1. The van der Waals surface area contributed by atoms with Crippen LogP contribution in [0.5, 0.6) is 0 Å². The summed E-state index contributed by atoms with van der Waals surface area (Å²) in [6.07, 6.45) is 8.87. The first-order valence-electron chi connectivity index (χ1n) is 7.72. The van der Waals surface area contributed by atoms with Gasteiger partial charge in [-0.2, -0.15) is 0 Å². The molecule has 1 aliphatic heterocycles. The van der Waals surface area contributed by atoms with Crippen LogP contribution in [0.15, 0.2) is 0 Å². The van der Waals surface area contributed by atoms with Gasteiger partial charge in [0.2, 0.25) is 0 Å². The Kier molecular flexibility index (Phi) is 8.84. The fourth-order valence-electron chi connectivity index (χ4n) is 2.43. The minimum Gasteiger partial charge on any atom is -0.466 e. The third kappa shape index (κ3) is 8.22. The zero-order valence-corrected chi connectivity index (χ0v) is 11.9. The van der Waals surface area contributed by atoms with E-state index in [-0.39, 0.29) is 12.6 Å². The molecule has 1 fully saturated rings. The standard InChI is InChI=1S/C15H28O4/c16-13-9-7-5-3-1-2-4-6-8-10-15(18)19-12-11-14(13)17/h13-14,16-17H,1-12H2/t13-,14+/m1/s1. The molecule has 0 amide bonds. The zero-order valence-electron chi connectivity index (χ0n) is 11.9. The second-order valence-corrected chi connectivity index (χ2v) is 5.51. The first-order valence-corrected chi connectivity index (χ1v) is 7.72. The molecule has 4 nitrogen and oxygen atoms in total. The molecule has 0 unspecified atom stereocenters. The van der Waals surface area contributed by atoms with Gasteiger partial charge in [0, 0.05) is 12.8 Å². The number of aliphatic hydroxyl groups excluding tert-OH is 2. The molecule has 1 saturated heterocycles. The third-order valence-corrected chi connectivity index (χ3v) is 3.75. The van der Waals surface area contributed by atoms with E-state index in [0.717, 1.165) is 25.7 Å². The quantitative estimate of drug-likeness (QED) is 0.665. The van der Waals surface area contributed by atoms with Gasteiger partial charge in [-0.3, -0.25) is 4.79 Å². The lowest BCUT2D eigenvalue weighted by Crippen LogP contribution is -2.27. The Morgan fingerprint density at radius 2 is 1.32 bits per heavy atom. The van der Waals surface area contributed by atoms with E-state index in [4.69, 9.17) is 4.74 Å². The highest BCUT2D eigenvalue weighted by Gasteiger charge is 2.16. The molecule has 2 atom stereocenters. The van der Waals surface area contributed by atoms with Crippen LogP contribution in [0, 0.1) is 0 Å². The second-order valence-electron chi connectivity index (χ2n) is 5.51. The number of carbonyl (C=O) groups is 1. The average Bonchev–Trinajstić information content (AvgIpc) is 2.39. The number of hydrogen-bond acceptors (Lipinski definition) is 4. The largest absolute Gasteiger partial charge is 0.466 e. The number of cyclic esters (lactones) is 1. The summed E-state index contributed by atoms with van der Waals surface area (Å²) in [4.78, 5) is 11.4. The predicted molar refractivity (Wildman–Crippen MR) is 73.8 cm³/mol. The highest BCUT2D eigenvalue weighted by molar-refractivity contribution is 5.69. The van der Waals surface area contributed by atoms with Gasteiger partial charge in [0.25, 0.3) is 0 Å². The van der Waals surface area contributed by atoms with Crippen molar-refractivity contribution in [1.82, 2.24) is 0 Å². The Morgan fingerprint density at radius 1 is 0.789 bits per heavy atom. The maximum absolute atomic E-state index is 11.4. The lowest BCUT2D eigenvalue weighted by Gasteiger charge is -2.17. The van der Waals surface area contributed by atoms with Crippen LogP contribution in [0.2, 0.25) is 0 Å². The van der Waals surface area contributed by atoms with Crippen LogP contribution in [0.1, 0.15) is 70.6 Å². The molecular weight excluding hydrogens is 244 g/mol. The number of ether oxygens (including phenoxy) is 1. The fourth-order valence-corrected chi connectivity index (χ4v) is 2.43. The molecule has 1 heterocycles. The molecule has 0 aliphatic carbocycles. The van der Waals surface area contributed by atoms with Crippen molar-refractivity contribution in [2.24, 2.45) is 0 Å². The molecule has 112 valence electrons. The lowest BCUT2D eigenvalue weighted by molar-refractivity contribution is -0.145. The van der Waals surface area contributed by atoms with Crippen LogP contribution in [0.4, 0.5) is 0 Å². The van der Waals surface area contributed by atoms with Crippen molar-refractivity contribution in [3.63, 3.8) is 0 Å². The Balaban J connectivity index is 2.30. The molecule has 0 aromatic heterocycles. The van der Waals surface area contributed by atoms with Gasteiger partial charge < -0.3 is 14.9 Å². The van der Waals surface area contributed by atoms with Crippen molar-refractivity contribution in [3.05, 3.63) is 0 Å². The second kappa shape index (κ2) is 10.2. The summed E-state index contributed by atoms with van der Waals surface area (Å²) in [5, 5.41) is 19.5. The monoisotopic (exact) mass is 272 g/mol. The molecule has 2 N–H and O–H groups in total. The van der Waals surface area contributed by atoms with Crippen molar-refractivity contribution in [2.45, 2.75) is 82.8 Å². The van der Waals surface area contributed by atoms with Gasteiger partial charge in [-0.1, -0.05) is 44.9 Å². The van der Waals surface area contributed by atoms with Crippen molar-refractivity contribution < 1.29 is 19.7 Å². The summed E-state index contributed by atoms with van der Waals surface area (Å²) in [5.74, 6) is -0.186. The van der Waals surface area contributed by atoms with Gasteiger partial charge in [-0.25, -0.2) is 0 Å². The minimum absolute atomic E-state index is 0.186. The van der Waals surface area contributed by atoms with E-state index in [1.54, 1.807) is 0 Å². The molecule has 0 aromatic carbocycles. The van der Waals surface area contributed by atoms with E-state index in [9.17, 15) is 15.0 Å². The summed E-state index contributed by atoms with van der Waals surface area (Å²) in [6.45, 7) is 0.205. The van der Waals surface area contributed by atoms with Crippen LogP contribution in [0.25, 0.3) is 0 Å². The van der Waals surface area contributed by atoms with Crippen molar-refractivity contribution in [1.29, 1.82) is 0 Å². The van der Waals surface area contributed by atoms with Crippen LogP contribution < -0.4 is 0 Å².